The molecule has 1 heterocycles. The normalized spacial score (nSPS) is 42.8. The van der Waals surface area contributed by atoms with Gasteiger partial charge in [-0.2, -0.15) is 5.26 Å². The van der Waals surface area contributed by atoms with Gasteiger partial charge in [0.2, 0.25) is 5.91 Å². The summed E-state index contributed by atoms with van der Waals surface area (Å²) in [7, 11) is 0. The average molecular weight is 452 g/mol. The molecule has 5 saturated carbocycles. The summed E-state index contributed by atoms with van der Waals surface area (Å²) >= 11 is 0. The minimum absolute atomic E-state index is 0. The molecule has 0 aromatic carbocycles. The Morgan fingerprint density at radius 3 is 2.35 bits per heavy atom. The van der Waals surface area contributed by atoms with Crippen molar-refractivity contribution in [2.45, 2.75) is 101 Å². The second kappa shape index (κ2) is 7.25. The fourth-order valence-corrected chi connectivity index (χ4v) is 7.56. The molecule has 6 atom stereocenters. The molecule has 6 fully saturated rings. The Balaban J connectivity index is 0.00000231. The summed E-state index contributed by atoms with van der Waals surface area (Å²) in [5.74, 6) is 1.06. The highest BCUT2D eigenvalue weighted by Gasteiger charge is 2.64. The summed E-state index contributed by atoms with van der Waals surface area (Å²) in [6.07, 6.45) is 6.02. The highest BCUT2D eigenvalue weighted by atomic mass is 35.5. The first-order valence-electron chi connectivity index (χ1n) is 11.4. The standard InChI is InChI=1S/C23H33N3O4.ClH/c1-21(2,3)30-20(28)25-18(19(27)26-16(11-24)5-15-6-17(15)26)22-7-13-4-14(8-22)10-23(29,9-13)12-22;/h13-18,29H,4-10,12H2,1-3H3,(H,25,28);1H/t13?,14?,15-,16+,17+,18-,22?,23?;/m1./s1. The lowest BCUT2D eigenvalue weighted by atomic mass is 9.46. The van der Waals surface area contributed by atoms with Crippen LogP contribution in [0.1, 0.15) is 72.1 Å². The van der Waals surface area contributed by atoms with Crippen LogP contribution >= 0.6 is 12.4 Å². The van der Waals surface area contributed by atoms with Gasteiger partial charge in [0.25, 0.3) is 0 Å². The predicted octanol–water partition coefficient (Wildman–Crippen LogP) is 3.15. The van der Waals surface area contributed by atoms with E-state index in [0.717, 1.165) is 44.9 Å². The zero-order valence-electron chi connectivity index (χ0n) is 18.6. The van der Waals surface area contributed by atoms with E-state index in [2.05, 4.69) is 11.4 Å². The Labute approximate surface area is 190 Å². The lowest BCUT2D eigenvalue weighted by Crippen LogP contribution is -2.66. The highest BCUT2D eigenvalue weighted by Crippen LogP contribution is 2.63. The van der Waals surface area contributed by atoms with Gasteiger partial charge in [0.15, 0.2) is 0 Å². The van der Waals surface area contributed by atoms with E-state index < -0.39 is 34.8 Å². The van der Waals surface area contributed by atoms with E-state index in [9.17, 15) is 20.0 Å². The number of hydrogen-bond donors (Lipinski definition) is 2. The van der Waals surface area contributed by atoms with Gasteiger partial charge in [0, 0.05) is 11.5 Å². The topological polar surface area (TPSA) is 103 Å². The van der Waals surface area contributed by atoms with Gasteiger partial charge in [-0.05, 0) is 89.9 Å². The van der Waals surface area contributed by atoms with Gasteiger partial charge in [-0.25, -0.2) is 4.79 Å². The molecule has 8 heteroatoms. The Morgan fingerprint density at radius 2 is 1.81 bits per heavy atom. The van der Waals surface area contributed by atoms with E-state index in [-0.39, 0.29) is 24.4 Å². The Hall–Kier alpha value is -1.52. The van der Waals surface area contributed by atoms with Gasteiger partial charge < -0.3 is 20.1 Å². The van der Waals surface area contributed by atoms with Crippen LogP contribution in [0.2, 0.25) is 0 Å². The number of piperidine rings is 1. The van der Waals surface area contributed by atoms with Crippen LogP contribution in [0.25, 0.3) is 0 Å². The fourth-order valence-electron chi connectivity index (χ4n) is 7.56. The third-order valence-corrected chi connectivity index (χ3v) is 8.10. The van der Waals surface area contributed by atoms with Crippen LogP contribution in [-0.4, -0.2) is 51.3 Å². The lowest BCUT2D eigenvalue weighted by Gasteiger charge is -2.62. The van der Waals surface area contributed by atoms with Gasteiger partial charge >= 0.3 is 6.09 Å². The molecule has 0 aromatic rings. The van der Waals surface area contributed by atoms with Crippen LogP contribution in [0.4, 0.5) is 4.79 Å². The van der Waals surface area contributed by atoms with Crippen molar-refractivity contribution < 1.29 is 19.4 Å². The summed E-state index contributed by atoms with van der Waals surface area (Å²) in [6, 6.07) is 1.26. The van der Waals surface area contributed by atoms with Crippen molar-refractivity contribution in [3.63, 3.8) is 0 Å². The van der Waals surface area contributed by atoms with Crippen LogP contribution < -0.4 is 5.32 Å². The molecular formula is C23H34ClN3O4. The van der Waals surface area contributed by atoms with E-state index in [0.29, 0.717) is 24.2 Å². The Kier molecular flexibility index (Phi) is 5.30. The maximum absolute atomic E-state index is 13.9. The molecule has 31 heavy (non-hydrogen) atoms. The third-order valence-electron chi connectivity index (χ3n) is 8.10. The maximum atomic E-state index is 13.9. The number of rotatable bonds is 3. The van der Waals surface area contributed by atoms with E-state index in [1.165, 1.54) is 0 Å². The number of aliphatic hydroxyl groups is 1. The van der Waals surface area contributed by atoms with Gasteiger partial charge in [-0.15, -0.1) is 12.4 Å². The zero-order chi connectivity index (χ0) is 21.5. The molecule has 2 N–H and O–H groups in total. The fraction of sp³-hybridized carbons (Fsp3) is 0.870. The summed E-state index contributed by atoms with van der Waals surface area (Å²) in [4.78, 5) is 28.4. The molecule has 2 amide bonds. The van der Waals surface area contributed by atoms with Crippen molar-refractivity contribution in [1.29, 1.82) is 5.26 Å². The van der Waals surface area contributed by atoms with Crippen LogP contribution in [0, 0.1) is 34.5 Å². The number of halogens is 1. The number of carbonyl (C=O) groups excluding carboxylic acids is 2. The molecule has 0 aromatic heterocycles. The Bertz CT molecular complexity index is 805. The second-order valence-corrected chi connectivity index (χ2v) is 11.8. The average Bonchev–Trinajstić information content (AvgIpc) is 3.25. The number of nitrogens with zero attached hydrogens (tertiary/aromatic N) is 2. The van der Waals surface area contributed by atoms with Crippen LogP contribution in [0.5, 0.6) is 0 Å². The van der Waals surface area contributed by atoms with Crippen molar-refractivity contribution >= 4 is 24.4 Å². The van der Waals surface area contributed by atoms with E-state index in [4.69, 9.17) is 4.74 Å². The molecule has 6 rings (SSSR count). The van der Waals surface area contributed by atoms with Crippen molar-refractivity contribution in [3.8, 4) is 6.07 Å². The minimum Gasteiger partial charge on any atom is -0.444 e. The molecule has 0 spiro atoms. The number of ether oxygens (including phenoxy) is 1. The molecule has 5 aliphatic carbocycles. The maximum Gasteiger partial charge on any atom is 0.408 e. The second-order valence-electron chi connectivity index (χ2n) is 11.8. The first-order chi connectivity index (χ1) is 14.0. The SMILES string of the molecule is CC(C)(C)OC(=O)N[C@H](C(=O)N1[C@H](C#N)C[C@@H]2C[C@@H]21)C12CC3CC(CC(O)(C3)C1)C2.Cl. The van der Waals surface area contributed by atoms with Crippen molar-refractivity contribution in [3.05, 3.63) is 0 Å². The van der Waals surface area contributed by atoms with Gasteiger partial charge in [0.1, 0.15) is 17.7 Å². The Morgan fingerprint density at radius 1 is 1.16 bits per heavy atom. The molecule has 7 nitrogen and oxygen atoms in total. The van der Waals surface area contributed by atoms with Crippen LogP contribution in [0.3, 0.4) is 0 Å². The number of amides is 2. The summed E-state index contributed by atoms with van der Waals surface area (Å²) in [6.45, 7) is 5.41. The minimum atomic E-state index is -0.750. The molecular weight excluding hydrogens is 418 g/mol. The van der Waals surface area contributed by atoms with Crippen LogP contribution in [0.15, 0.2) is 0 Å². The first kappa shape index (κ1) is 22.7. The predicted molar refractivity (Wildman–Crippen MR) is 115 cm³/mol. The van der Waals surface area contributed by atoms with E-state index in [1.807, 2.05) is 0 Å². The lowest BCUT2D eigenvalue weighted by molar-refractivity contribution is -0.180. The summed E-state index contributed by atoms with van der Waals surface area (Å²) in [5, 5.41) is 23.8. The van der Waals surface area contributed by atoms with Crippen molar-refractivity contribution in [1.82, 2.24) is 10.2 Å². The highest BCUT2D eigenvalue weighted by molar-refractivity contribution is 5.88. The molecule has 1 saturated heterocycles. The van der Waals surface area contributed by atoms with Gasteiger partial charge in [-0.3, -0.25) is 4.79 Å². The monoisotopic (exact) mass is 451 g/mol. The quantitative estimate of drug-likeness (QED) is 0.686. The van der Waals surface area contributed by atoms with E-state index >= 15 is 0 Å². The number of nitriles is 1. The van der Waals surface area contributed by atoms with Gasteiger partial charge in [0.05, 0.1) is 11.7 Å². The third kappa shape index (κ3) is 3.91. The number of alkyl carbamates (subject to hydrolysis) is 1. The molecule has 172 valence electrons. The molecule has 2 unspecified atom stereocenters. The number of hydrogen-bond acceptors (Lipinski definition) is 5. The zero-order valence-corrected chi connectivity index (χ0v) is 19.4. The van der Waals surface area contributed by atoms with Crippen molar-refractivity contribution in [2.24, 2.45) is 23.2 Å². The van der Waals surface area contributed by atoms with Crippen LogP contribution in [-0.2, 0) is 9.53 Å². The largest absolute Gasteiger partial charge is 0.444 e. The number of likely N-dealkylation sites (tertiary alicyclic amines) is 1. The molecule has 6 aliphatic rings. The smallest absolute Gasteiger partial charge is 0.408 e. The summed E-state index contributed by atoms with van der Waals surface area (Å²) < 4.78 is 5.51. The molecule has 1 aliphatic heterocycles. The molecule has 4 bridgehead atoms. The first-order valence-corrected chi connectivity index (χ1v) is 11.4. The van der Waals surface area contributed by atoms with Crippen molar-refractivity contribution in [2.75, 3.05) is 0 Å². The number of nitrogens with one attached hydrogen (secondary N) is 1. The van der Waals surface area contributed by atoms with Gasteiger partial charge in [-0.1, -0.05) is 0 Å². The summed E-state index contributed by atoms with van der Waals surface area (Å²) in [5.41, 5.74) is -1.86. The number of fused-ring (bicyclic) bond motifs is 1. The molecule has 0 radical (unpaired) electrons. The number of carbonyl (C=O) groups is 2. The van der Waals surface area contributed by atoms with E-state index in [1.54, 1.807) is 25.7 Å².